The summed E-state index contributed by atoms with van der Waals surface area (Å²) in [6.07, 6.45) is 4.72. The lowest BCUT2D eigenvalue weighted by atomic mass is 10.1. The van der Waals surface area contributed by atoms with E-state index < -0.39 is 14.6 Å². The van der Waals surface area contributed by atoms with Gasteiger partial charge in [-0.1, -0.05) is 51.1 Å². The maximum Gasteiger partial charge on any atom is 0.250 e. The van der Waals surface area contributed by atoms with Gasteiger partial charge >= 0.3 is 0 Å². The zero-order valence-corrected chi connectivity index (χ0v) is 29.1. The highest BCUT2D eigenvalue weighted by atomic mass is 28.4. The Bertz CT molecular complexity index is 1530. The molecule has 0 bridgehead atoms. The Labute approximate surface area is 273 Å². The summed E-state index contributed by atoms with van der Waals surface area (Å²) >= 11 is 0. The van der Waals surface area contributed by atoms with Crippen LogP contribution in [0.2, 0.25) is 18.1 Å². The lowest BCUT2D eigenvalue weighted by Gasteiger charge is -2.36. The van der Waals surface area contributed by atoms with Crippen LogP contribution in [0.3, 0.4) is 0 Å². The molecule has 1 aliphatic heterocycles. The average molecular weight is 653 g/mol. The molecule has 4 aromatic rings. The summed E-state index contributed by atoms with van der Waals surface area (Å²) in [6.45, 7) is 15.3. The first-order chi connectivity index (χ1) is 22.0. The Kier molecular flexibility index (Phi) is 11.3. The Morgan fingerprint density at radius 2 is 1.80 bits per heavy atom. The van der Waals surface area contributed by atoms with Crippen LogP contribution in [0.1, 0.15) is 65.0 Å². The summed E-state index contributed by atoms with van der Waals surface area (Å²) in [6, 6.07) is 16.1. The van der Waals surface area contributed by atoms with Crippen LogP contribution in [0, 0.1) is 0 Å². The topological polar surface area (TPSA) is 81.8 Å². The molecule has 2 unspecified atom stereocenters. The van der Waals surface area contributed by atoms with E-state index >= 15 is 4.39 Å². The number of hydrogen-bond donors (Lipinski definition) is 0. The van der Waals surface area contributed by atoms with Crippen LogP contribution in [0.4, 0.5) is 4.39 Å². The predicted octanol–water partition coefficient (Wildman–Crippen LogP) is 8.09. The minimum atomic E-state index is -2.06. The van der Waals surface area contributed by atoms with Crippen molar-refractivity contribution in [2.45, 2.75) is 90.3 Å². The molecule has 1 saturated heterocycles. The Balaban J connectivity index is 1.20. The van der Waals surface area contributed by atoms with Gasteiger partial charge in [0, 0.05) is 23.8 Å². The van der Waals surface area contributed by atoms with Gasteiger partial charge in [-0.3, -0.25) is 0 Å². The molecule has 1 fully saturated rings. The normalized spacial score (nSPS) is 17.3. The second-order valence-corrected chi connectivity index (χ2v) is 18.3. The highest BCUT2D eigenvalue weighted by Crippen LogP contribution is 2.40. The first-order valence-corrected chi connectivity index (χ1v) is 19.2. The van der Waals surface area contributed by atoms with Crippen LogP contribution >= 0.6 is 0 Å². The zero-order chi connectivity index (χ0) is 32.7. The molecule has 2 aromatic carbocycles. The van der Waals surface area contributed by atoms with E-state index in [0.29, 0.717) is 26.4 Å². The number of ether oxygens (including phenoxy) is 4. The second-order valence-electron chi connectivity index (χ2n) is 13.6. The van der Waals surface area contributed by atoms with Crippen LogP contribution in [0.25, 0.3) is 22.2 Å². The number of fused-ring (bicyclic) bond motifs is 1. The molecule has 0 N–H and O–H groups in total. The number of nitrogens with zero attached hydrogens (tertiary/aromatic N) is 4. The maximum atomic E-state index is 15.2. The molecule has 3 heterocycles. The molecule has 250 valence electrons. The largest absolute Gasteiger partial charge is 0.543 e. The van der Waals surface area contributed by atoms with E-state index in [0.717, 1.165) is 52.7 Å². The van der Waals surface area contributed by atoms with Crippen LogP contribution in [-0.4, -0.2) is 67.0 Å². The second kappa shape index (κ2) is 15.2. The van der Waals surface area contributed by atoms with Crippen molar-refractivity contribution in [3.8, 4) is 17.0 Å². The van der Waals surface area contributed by atoms with E-state index in [1.807, 2.05) is 48.0 Å². The van der Waals surface area contributed by atoms with Crippen molar-refractivity contribution in [2.24, 2.45) is 0 Å². The van der Waals surface area contributed by atoms with Crippen LogP contribution in [0.15, 0.2) is 60.9 Å². The maximum absolute atomic E-state index is 15.2. The third kappa shape index (κ3) is 8.63. The van der Waals surface area contributed by atoms with Gasteiger partial charge < -0.3 is 23.4 Å². The number of alkyl halides is 1. The number of aromatic nitrogens is 4. The lowest BCUT2D eigenvalue weighted by Crippen LogP contribution is -2.43. The Hall–Kier alpha value is -3.09. The van der Waals surface area contributed by atoms with Gasteiger partial charge in [0.1, 0.15) is 11.4 Å². The number of rotatable bonds is 15. The molecule has 0 radical (unpaired) electrons. The van der Waals surface area contributed by atoms with E-state index in [2.05, 4.69) is 51.1 Å². The highest BCUT2D eigenvalue weighted by Gasteiger charge is 2.39. The van der Waals surface area contributed by atoms with Gasteiger partial charge in [-0.05, 0) is 68.1 Å². The fourth-order valence-corrected chi connectivity index (χ4v) is 6.10. The van der Waals surface area contributed by atoms with Crippen LogP contribution in [-0.2, 0) is 25.6 Å². The van der Waals surface area contributed by atoms with Crippen molar-refractivity contribution in [3.63, 3.8) is 0 Å². The Morgan fingerprint density at radius 3 is 2.52 bits per heavy atom. The first-order valence-electron chi connectivity index (χ1n) is 16.3. The molecule has 3 atom stereocenters. The summed E-state index contributed by atoms with van der Waals surface area (Å²) in [5, 5.41) is 10.3. The minimum Gasteiger partial charge on any atom is -0.543 e. The van der Waals surface area contributed by atoms with Crippen molar-refractivity contribution in [3.05, 3.63) is 66.5 Å². The van der Waals surface area contributed by atoms with E-state index in [1.54, 1.807) is 12.4 Å². The molecule has 0 spiro atoms. The van der Waals surface area contributed by atoms with Crippen molar-refractivity contribution < 1.29 is 27.8 Å². The van der Waals surface area contributed by atoms with E-state index in [4.69, 9.17) is 28.5 Å². The van der Waals surface area contributed by atoms with Gasteiger partial charge in [-0.25, -0.2) is 13.8 Å². The van der Waals surface area contributed by atoms with Crippen molar-refractivity contribution in [1.82, 2.24) is 19.6 Å². The van der Waals surface area contributed by atoms with Crippen LogP contribution in [0.5, 0.6) is 5.75 Å². The summed E-state index contributed by atoms with van der Waals surface area (Å²) in [5.41, 5.74) is 3.52. The van der Waals surface area contributed by atoms with Crippen LogP contribution < -0.4 is 4.43 Å². The summed E-state index contributed by atoms with van der Waals surface area (Å²) in [4.78, 5) is 0. The van der Waals surface area contributed by atoms with E-state index in [-0.39, 0.29) is 30.6 Å². The molecule has 5 rings (SSSR count). The van der Waals surface area contributed by atoms with Gasteiger partial charge in [0.15, 0.2) is 6.23 Å². The molecular formula is C35H49FN4O5Si. The van der Waals surface area contributed by atoms with Crippen molar-refractivity contribution >= 4 is 19.2 Å². The molecule has 0 saturated carbocycles. The van der Waals surface area contributed by atoms with Crippen molar-refractivity contribution in [1.29, 1.82) is 0 Å². The van der Waals surface area contributed by atoms with Gasteiger partial charge in [-0.2, -0.15) is 10.2 Å². The number of halogens is 1. The fourth-order valence-electron chi connectivity index (χ4n) is 5.08. The third-order valence-electron chi connectivity index (χ3n) is 8.80. The monoisotopic (exact) mass is 652 g/mol. The Morgan fingerprint density at radius 1 is 1.04 bits per heavy atom. The number of benzene rings is 2. The summed E-state index contributed by atoms with van der Waals surface area (Å²) < 4.78 is 48.2. The van der Waals surface area contributed by atoms with Gasteiger partial charge in [0.05, 0.1) is 50.9 Å². The average Bonchev–Trinajstić information content (AvgIpc) is 3.67. The van der Waals surface area contributed by atoms with Gasteiger partial charge in [0.25, 0.3) is 0 Å². The summed E-state index contributed by atoms with van der Waals surface area (Å²) in [5.74, 6) is 0.813. The SMILES string of the molecule is C[C@@H](COCCOCC(F)n1cc(-c2nn(C3CCCCO3)c3ccc(O[Si](C)(C)C(C)(C)C)cc23)cn1)OCc1ccccc1. The summed E-state index contributed by atoms with van der Waals surface area (Å²) in [7, 11) is -2.06. The number of hydrogen-bond acceptors (Lipinski definition) is 7. The first kappa shape index (κ1) is 34.2. The quantitative estimate of drug-likeness (QED) is 0.0949. The molecule has 0 aliphatic carbocycles. The van der Waals surface area contributed by atoms with Gasteiger partial charge in [0.2, 0.25) is 14.6 Å². The third-order valence-corrected chi connectivity index (χ3v) is 13.2. The standard InChI is InChI=1S/C35H49FN4O5Si/c1-26(44-24-27-12-8-7-9-13-27)23-41-18-19-42-25-32(36)39-22-28(21-37-39)34-30-20-29(45-46(5,6)35(2,3)4)15-16-31(30)40(38-34)33-14-10-11-17-43-33/h7-9,12-13,15-16,20-22,26,32-33H,10-11,14,17-19,23-25H2,1-6H3/t26-,32?,33?/m0/s1. The lowest BCUT2D eigenvalue weighted by molar-refractivity contribution is -0.0379. The molecule has 46 heavy (non-hydrogen) atoms. The fraction of sp³-hybridized carbons (Fsp3) is 0.543. The molecule has 9 nitrogen and oxygen atoms in total. The van der Waals surface area contributed by atoms with E-state index in [9.17, 15) is 0 Å². The van der Waals surface area contributed by atoms with Gasteiger partial charge in [-0.15, -0.1) is 0 Å². The predicted molar refractivity (Wildman–Crippen MR) is 180 cm³/mol. The molecule has 0 amide bonds. The van der Waals surface area contributed by atoms with E-state index in [1.165, 1.54) is 4.68 Å². The molecular weight excluding hydrogens is 603 g/mol. The smallest absolute Gasteiger partial charge is 0.250 e. The minimum absolute atomic E-state index is 0.0597. The van der Waals surface area contributed by atoms with Crippen molar-refractivity contribution in [2.75, 3.05) is 33.0 Å². The highest BCUT2D eigenvalue weighted by molar-refractivity contribution is 6.74. The molecule has 11 heteroatoms. The molecule has 2 aromatic heterocycles. The molecule has 1 aliphatic rings. The zero-order valence-electron chi connectivity index (χ0n) is 28.1.